The summed E-state index contributed by atoms with van der Waals surface area (Å²) < 4.78 is 0.697. The molecule has 0 spiro atoms. The fourth-order valence-corrected chi connectivity index (χ4v) is 2.06. The average Bonchev–Trinajstić information content (AvgIpc) is 2.33. The van der Waals surface area contributed by atoms with E-state index in [-0.39, 0.29) is 12.2 Å². The minimum atomic E-state index is -0.896. The van der Waals surface area contributed by atoms with Crippen LogP contribution < -0.4 is 5.32 Å². The molecule has 0 aliphatic rings. The minimum absolute atomic E-state index is 0.0659. The third-order valence-electron chi connectivity index (χ3n) is 2.68. The van der Waals surface area contributed by atoms with E-state index in [4.69, 9.17) is 5.11 Å². The number of hydrogen-bond donors (Lipinski definition) is 2. The topological polar surface area (TPSA) is 92.5 Å². The van der Waals surface area contributed by atoms with Crippen LogP contribution in [-0.2, 0) is 4.79 Å². The van der Waals surface area contributed by atoms with Crippen molar-refractivity contribution in [3.05, 3.63) is 32.8 Å². The van der Waals surface area contributed by atoms with E-state index in [9.17, 15) is 14.9 Å². The lowest BCUT2D eigenvalue weighted by molar-refractivity contribution is -0.384. The minimum Gasteiger partial charge on any atom is -0.481 e. The zero-order valence-corrected chi connectivity index (χ0v) is 12.0. The number of nitro groups is 1. The summed E-state index contributed by atoms with van der Waals surface area (Å²) in [7, 11) is 0. The number of nitrogens with zero attached hydrogens (tertiary/aromatic N) is 1. The van der Waals surface area contributed by atoms with E-state index < -0.39 is 16.8 Å². The summed E-state index contributed by atoms with van der Waals surface area (Å²) in [6.45, 7) is 2.07. The van der Waals surface area contributed by atoms with Crippen molar-refractivity contribution in [1.29, 1.82) is 0 Å². The molecular formula is C12H15BrN2O4. The first kappa shape index (κ1) is 15.4. The van der Waals surface area contributed by atoms with Gasteiger partial charge in [-0.05, 0) is 18.6 Å². The van der Waals surface area contributed by atoms with Crippen LogP contribution >= 0.6 is 15.9 Å². The Morgan fingerprint density at radius 1 is 1.58 bits per heavy atom. The van der Waals surface area contributed by atoms with Crippen LogP contribution in [-0.4, -0.2) is 22.5 Å². The van der Waals surface area contributed by atoms with Crippen LogP contribution in [0.25, 0.3) is 0 Å². The van der Waals surface area contributed by atoms with Gasteiger partial charge in [0.2, 0.25) is 0 Å². The maximum Gasteiger partial charge on any atom is 0.308 e. The molecule has 0 saturated carbocycles. The van der Waals surface area contributed by atoms with Gasteiger partial charge < -0.3 is 10.4 Å². The van der Waals surface area contributed by atoms with Crippen LogP contribution in [0, 0.1) is 16.0 Å². The maximum atomic E-state index is 11.0. The third-order valence-corrected chi connectivity index (χ3v) is 3.17. The van der Waals surface area contributed by atoms with Gasteiger partial charge in [0.25, 0.3) is 5.69 Å². The molecule has 104 valence electrons. The van der Waals surface area contributed by atoms with Crippen LogP contribution in [0.5, 0.6) is 0 Å². The summed E-state index contributed by atoms with van der Waals surface area (Å²) >= 11 is 3.23. The van der Waals surface area contributed by atoms with Gasteiger partial charge in [0, 0.05) is 17.1 Å². The average molecular weight is 331 g/mol. The largest absolute Gasteiger partial charge is 0.481 e. The molecule has 1 aromatic rings. The van der Waals surface area contributed by atoms with Crippen molar-refractivity contribution in [3.8, 4) is 0 Å². The Balaban J connectivity index is 2.83. The summed E-state index contributed by atoms with van der Waals surface area (Å²) in [6.07, 6.45) is 1.28. The highest BCUT2D eigenvalue weighted by Gasteiger charge is 2.19. The van der Waals surface area contributed by atoms with Crippen LogP contribution in [0.15, 0.2) is 22.7 Å². The van der Waals surface area contributed by atoms with Gasteiger partial charge in [0.15, 0.2) is 0 Å². The molecule has 0 fully saturated rings. The number of rotatable bonds is 7. The smallest absolute Gasteiger partial charge is 0.308 e. The van der Waals surface area contributed by atoms with Gasteiger partial charge in [0.1, 0.15) is 5.69 Å². The van der Waals surface area contributed by atoms with Crippen LogP contribution in [0.2, 0.25) is 0 Å². The van der Waals surface area contributed by atoms with Gasteiger partial charge in [-0.2, -0.15) is 0 Å². The van der Waals surface area contributed by atoms with Crippen molar-refractivity contribution in [2.75, 3.05) is 11.9 Å². The Morgan fingerprint density at radius 3 is 2.79 bits per heavy atom. The van der Waals surface area contributed by atoms with Gasteiger partial charge >= 0.3 is 5.97 Å². The van der Waals surface area contributed by atoms with Crippen molar-refractivity contribution < 1.29 is 14.8 Å². The van der Waals surface area contributed by atoms with E-state index in [0.717, 1.165) is 6.42 Å². The zero-order chi connectivity index (χ0) is 14.4. The molecule has 0 heterocycles. The highest BCUT2D eigenvalue weighted by atomic mass is 79.9. The van der Waals surface area contributed by atoms with Crippen molar-refractivity contribution in [3.63, 3.8) is 0 Å². The van der Waals surface area contributed by atoms with Crippen molar-refractivity contribution >= 4 is 33.3 Å². The second-order valence-electron chi connectivity index (χ2n) is 4.12. The number of carboxylic acids is 1. The number of hydrogen-bond acceptors (Lipinski definition) is 4. The molecule has 0 aliphatic carbocycles. The van der Waals surface area contributed by atoms with E-state index in [1.54, 1.807) is 12.1 Å². The molecular weight excluding hydrogens is 316 g/mol. The number of benzene rings is 1. The van der Waals surface area contributed by atoms with E-state index >= 15 is 0 Å². The molecule has 6 nitrogen and oxygen atoms in total. The summed E-state index contributed by atoms with van der Waals surface area (Å²) in [6, 6.07) is 4.52. The van der Waals surface area contributed by atoms with Gasteiger partial charge in [0.05, 0.1) is 10.8 Å². The molecule has 0 bridgehead atoms. The number of anilines is 1. The summed E-state index contributed by atoms with van der Waals surface area (Å²) in [5, 5.41) is 22.8. The molecule has 19 heavy (non-hydrogen) atoms. The first-order valence-electron chi connectivity index (χ1n) is 5.86. The lowest BCUT2D eigenvalue weighted by Crippen LogP contribution is -2.23. The fraction of sp³-hybridized carbons (Fsp3) is 0.417. The van der Waals surface area contributed by atoms with Crippen molar-refractivity contribution in [2.45, 2.75) is 19.8 Å². The third kappa shape index (κ3) is 4.51. The van der Waals surface area contributed by atoms with E-state index in [1.807, 2.05) is 6.92 Å². The summed E-state index contributed by atoms with van der Waals surface area (Å²) in [5.41, 5.74) is 0.255. The molecule has 1 atom stereocenters. The SMILES string of the molecule is CCCC(CNc1cc(Br)ccc1[N+](=O)[O-])C(=O)O. The number of aliphatic carboxylic acids is 1. The van der Waals surface area contributed by atoms with Crippen molar-refractivity contribution in [1.82, 2.24) is 0 Å². The molecule has 0 amide bonds. The molecule has 0 aromatic heterocycles. The van der Waals surface area contributed by atoms with Gasteiger partial charge in [-0.15, -0.1) is 0 Å². The van der Waals surface area contributed by atoms with Gasteiger partial charge in [-0.25, -0.2) is 0 Å². The number of nitro benzene ring substituents is 1. The highest BCUT2D eigenvalue weighted by Crippen LogP contribution is 2.28. The predicted octanol–water partition coefficient (Wildman–Crippen LogP) is 3.27. The predicted molar refractivity (Wildman–Crippen MR) is 75.3 cm³/mol. The lowest BCUT2D eigenvalue weighted by atomic mass is 10.0. The zero-order valence-electron chi connectivity index (χ0n) is 10.4. The molecule has 7 heteroatoms. The Hall–Kier alpha value is -1.63. The molecule has 0 aliphatic heterocycles. The summed E-state index contributed by atoms with van der Waals surface area (Å²) in [5.74, 6) is -1.45. The first-order chi connectivity index (χ1) is 8.95. The standard InChI is InChI=1S/C12H15BrN2O4/c1-2-3-8(12(16)17)7-14-10-6-9(13)4-5-11(10)15(18)19/h4-6,8,14H,2-3,7H2,1H3,(H,16,17). The Labute approximate surface area is 119 Å². The Kier molecular flexibility index (Phi) is 5.75. The van der Waals surface area contributed by atoms with E-state index in [2.05, 4.69) is 21.2 Å². The van der Waals surface area contributed by atoms with Crippen LogP contribution in [0.1, 0.15) is 19.8 Å². The van der Waals surface area contributed by atoms with Gasteiger partial charge in [-0.1, -0.05) is 29.3 Å². The number of halogens is 1. The van der Waals surface area contributed by atoms with Crippen LogP contribution in [0.3, 0.4) is 0 Å². The molecule has 1 unspecified atom stereocenters. The Bertz CT molecular complexity index is 479. The molecule has 0 radical (unpaired) electrons. The maximum absolute atomic E-state index is 11.0. The highest BCUT2D eigenvalue weighted by molar-refractivity contribution is 9.10. The second-order valence-corrected chi connectivity index (χ2v) is 5.04. The molecule has 1 rings (SSSR count). The monoisotopic (exact) mass is 330 g/mol. The van der Waals surface area contributed by atoms with E-state index in [1.165, 1.54) is 6.07 Å². The molecule has 0 saturated heterocycles. The normalized spacial score (nSPS) is 11.9. The Morgan fingerprint density at radius 2 is 2.26 bits per heavy atom. The first-order valence-corrected chi connectivity index (χ1v) is 6.65. The number of nitrogens with one attached hydrogen (secondary N) is 1. The van der Waals surface area contributed by atoms with Crippen molar-refractivity contribution in [2.24, 2.45) is 5.92 Å². The van der Waals surface area contributed by atoms with Gasteiger partial charge in [-0.3, -0.25) is 14.9 Å². The number of carbonyl (C=O) groups is 1. The molecule has 2 N–H and O–H groups in total. The quantitative estimate of drug-likeness (QED) is 0.591. The summed E-state index contributed by atoms with van der Waals surface area (Å²) in [4.78, 5) is 21.4. The second kappa shape index (κ2) is 7.08. The fourth-order valence-electron chi connectivity index (χ4n) is 1.70. The number of carboxylic acid groups (broad SMARTS) is 1. The van der Waals surface area contributed by atoms with Crippen LogP contribution in [0.4, 0.5) is 11.4 Å². The molecule has 1 aromatic carbocycles. The lowest BCUT2D eigenvalue weighted by Gasteiger charge is -2.13. The van der Waals surface area contributed by atoms with E-state index in [0.29, 0.717) is 16.6 Å².